The molecule has 0 aliphatic carbocycles. The number of esters is 2. The number of hydrogen-bond acceptors (Lipinski definition) is 7. The summed E-state index contributed by atoms with van der Waals surface area (Å²) in [6.45, 7) is 4.30. The van der Waals surface area contributed by atoms with Gasteiger partial charge in [0, 0.05) is 12.8 Å². The molecule has 0 aromatic heterocycles. The van der Waals surface area contributed by atoms with Gasteiger partial charge in [-0.05, 0) is 77.0 Å². The number of hydrogen-bond donors (Lipinski definition) is 1. The molecule has 0 rings (SSSR count). The molecule has 2 atom stereocenters. The maximum Gasteiger partial charge on any atom is 0.472 e. The molecule has 0 saturated carbocycles. The number of unbranched alkanes of at least 4 members (excludes halogenated alkanes) is 15. The summed E-state index contributed by atoms with van der Waals surface area (Å²) in [7, 11) is 1.43. The van der Waals surface area contributed by atoms with Crippen molar-refractivity contribution in [3.05, 3.63) is 60.8 Å². The maximum absolute atomic E-state index is 12.7. The van der Waals surface area contributed by atoms with E-state index in [4.69, 9.17) is 18.5 Å². The van der Waals surface area contributed by atoms with E-state index in [1.165, 1.54) is 70.6 Å². The van der Waals surface area contributed by atoms with Crippen molar-refractivity contribution in [3.8, 4) is 0 Å². The first kappa shape index (κ1) is 53.7. The van der Waals surface area contributed by atoms with Crippen LogP contribution in [0.1, 0.15) is 168 Å². The van der Waals surface area contributed by atoms with Crippen LogP contribution in [0.2, 0.25) is 0 Å². The highest BCUT2D eigenvalue weighted by Gasteiger charge is 2.27. The van der Waals surface area contributed by atoms with Crippen LogP contribution in [0, 0.1) is 0 Å². The molecule has 0 aromatic rings. The van der Waals surface area contributed by atoms with Crippen molar-refractivity contribution in [2.75, 3.05) is 47.5 Å². The van der Waals surface area contributed by atoms with Crippen molar-refractivity contribution in [3.63, 3.8) is 0 Å². The van der Waals surface area contributed by atoms with Crippen LogP contribution < -0.4 is 0 Å². The molecule has 0 saturated heterocycles. The van der Waals surface area contributed by atoms with Crippen LogP contribution in [-0.2, 0) is 32.7 Å². The van der Waals surface area contributed by atoms with Crippen molar-refractivity contribution in [2.24, 2.45) is 0 Å². The van der Waals surface area contributed by atoms with Gasteiger partial charge >= 0.3 is 19.8 Å². The number of quaternary nitrogens is 1. The third kappa shape index (κ3) is 41.3. The van der Waals surface area contributed by atoms with E-state index in [0.717, 1.165) is 57.8 Å². The molecule has 0 aliphatic rings. The standard InChI is InChI=1S/C46H82NO8P/c1-6-8-10-12-14-16-18-20-22-23-25-26-28-30-32-34-36-38-45(48)52-42-44(43-54-56(50,51)53-41-40-47(3,4)5)55-46(49)39-37-35-33-31-29-27-24-21-19-17-15-13-11-9-7-2/h14,16,20-22,24-26,30,32,44H,6-13,15,17-19,23,27-29,31,33-43H2,1-5H3/p+1/b16-14-,22-20-,24-21-,26-25-,32-30-/t44-/m1/s1. The molecule has 324 valence electrons. The summed E-state index contributed by atoms with van der Waals surface area (Å²) in [4.78, 5) is 35.3. The van der Waals surface area contributed by atoms with Crippen molar-refractivity contribution < 1.29 is 42.1 Å². The Morgan fingerprint density at radius 3 is 1.54 bits per heavy atom. The third-order valence-electron chi connectivity index (χ3n) is 9.02. The van der Waals surface area contributed by atoms with Gasteiger partial charge in [0.1, 0.15) is 19.8 Å². The van der Waals surface area contributed by atoms with E-state index in [1.807, 2.05) is 21.1 Å². The monoisotopic (exact) mass is 809 g/mol. The lowest BCUT2D eigenvalue weighted by Gasteiger charge is -2.24. The lowest BCUT2D eigenvalue weighted by molar-refractivity contribution is -0.870. The van der Waals surface area contributed by atoms with Gasteiger partial charge in [0.05, 0.1) is 27.7 Å². The SMILES string of the molecule is CCCCC/C=C\C/C=C\C/C=C\C/C=C\CCCC(=O)OC[C@H](COP(=O)(O)OCC[N+](C)(C)C)OC(=O)CCCCCCC/C=C\CCCCCCCC. The lowest BCUT2D eigenvalue weighted by Crippen LogP contribution is -2.37. The summed E-state index contributed by atoms with van der Waals surface area (Å²) in [5.41, 5.74) is 0. The van der Waals surface area contributed by atoms with E-state index in [9.17, 15) is 19.0 Å². The van der Waals surface area contributed by atoms with E-state index in [1.54, 1.807) is 0 Å². The minimum Gasteiger partial charge on any atom is -0.462 e. The average molecular weight is 809 g/mol. The fourth-order valence-corrected chi connectivity index (χ4v) is 6.27. The van der Waals surface area contributed by atoms with Crippen LogP contribution in [0.3, 0.4) is 0 Å². The van der Waals surface area contributed by atoms with Gasteiger partial charge in [0.15, 0.2) is 6.10 Å². The molecule has 1 N–H and O–H groups in total. The van der Waals surface area contributed by atoms with Gasteiger partial charge in [0.2, 0.25) is 0 Å². The summed E-state index contributed by atoms with van der Waals surface area (Å²) in [5.74, 6) is -0.878. The molecule has 0 aliphatic heterocycles. The predicted octanol–water partition coefficient (Wildman–Crippen LogP) is 12.5. The number of ether oxygens (including phenoxy) is 2. The first-order chi connectivity index (χ1) is 27.0. The Hall–Kier alpha value is -2.29. The molecule has 0 heterocycles. The highest BCUT2D eigenvalue weighted by atomic mass is 31.2. The fourth-order valence-electron chi connectivity index (χ4n) is 5.53. The van der Waals surface area contributed by atoms with Gasteiger partial charge < -0.3 is 18.9 Å². The van der Waals surface area contributed by atoms with Gasteiger partial charge in [-0.1, -0.05) is 139 Å². The zero-order valence-electron chi connectivity index (χ0n) is 36.3. The van der Waals surface area contributed by atoms with Crippen LogP contribution in [0.4, 0.5) is 0 Å². The highest BCUT2D eigenvalue weighted by Crippen LogP contribution is 2.43. The molecule has 0 radical (unpaired) electrons. The van der Waals surface area contributed by atoms with Gasteiger partial charge in [-0.2, -0.15) is 0 Å². The minimum atomic E-state index is -4.39. The second-order valence-corrected chi connectivity index (χ2v) is 17.2. The summed E-state index contributed by atoms with van der Waals surface area (Å²) >= 11 is 0. The quantitative estimate of drug-likeness (QED) is 0.0215. The molecule has 1 unspecified atom stereocenters. The molecular weight excluding hydrogens is 725 g/mol. The summed E-state index contributed by atoms with van der Waals surface area (Å²) in [6.07, 6.45) is 45.6. The van der Waals surface area contributed by atoms with E-state index < -0.39 is 32.5 Å². The van der Waals surface area contributed by atoms with Crippen molar-refractivity contribution in [1.29, 1.82) is 0 Å². The highest BCUT2D eigenvalue weighted by molar-refractivity contribution is 7.47. The molecule has 0 fully saturated rings. The Kier molecular flexibility index (Phi) is 36.7. The first-order valence-corrected chi connectivity index (χ1v) is 23.5. The molecular formula is C46H83NO8P+. The van der Waals surface area contributed by atoms with E-state index >= 15 is 0 Å². The molecule has 10 heteroatoms. The maximum atomic E-state index is 12.7. The molecule has 56 heavy (non-hydrogen) atoms. The molecule has 0 spiro atoms. The van der Waals surface area contributed by atoms with E-state index in [0.29, 0.717) is 23.9 Å². The van der Waals surface area contributed by atoms with Gasteiger partial charge in [-0.3, -0.25) is 18.6 Å². The zero-order chi connectivity index (χ0) is 41.4. The van der Waals surface area contributed by atoms with E-state index in [-0.39, 0.29) is 26.1 Å². The number of phosphoric ester groups is 1. The Labute approximate surface area is 343 Å². The smallest absolute Gasteiger partial charge is 0.462 e. The topological polar surface area (TPSA) is 108 Å². The van der Waals surface area contributed by atoms with Gasteiger partial charge in [0.25, 0.3) is 0 Å². The van der Waals surface area contributed by atoms with Crippen LogP contribution in [0.25, 0.3) is 0 Å². The average Bonchev–Trinajstić information content (AvgIpc) is 3.15. The number of allylic oxidation sites excluding steroid dienone is 10. The zero-order valence-corrected chi connectivity index (χ0v) is 37.2. The lowest BCUT2D eigenvalue weighted by atomic mass is 10.1. The Morgan fingerprint density at radius 2 is 0.982 bits per heavy atom. The van der Waals surface area contributed by atoms with E-state index in [2.05, 4.69) is 74.6 Å². The minimum absolute atomic E-state index is 0.0195. The Bertz CT molecular complexity index is 1140. The van der Waals surface area contributed by atoms with Crippen LogP contribution >= 0.6 is 7.82 Å². The van der Waals surface area contributed by atoms with Crippen LogP contribution in [0.15, 0.2) is 60.8 Å². The number of rotatable bonds is 39. The number of carbonyl (C=O) groups excluding carboxylic acids is 2. The molecule has 0 amide bonds. The first-order valence-electron chi connectivity index (χ1n) is 22.0. The number of carbonyl (C=O) groups is 2. The fraction of sp³-hybridized carbons (Fsp3) is 0.739. The Balaban J connectivity index is 4.48. The molecule has 9 nitrogen and oxygen atoms in total. The van der Waals surface area contributed by atoms with Crippen LogP contribution in [-0.4, -0.2) is 74.9 Å². The predicted molar refractivity (Wildman–Crippen MR) is 233 cm³/mol. The summed E-state index contributed by atoms with van der Waals surface area (Å²) in [5, 5.41) is 0. The second-order valence-electron chi connectivity index (χ2n) is 15.7. The van der Waals surface area contributed by atoms with Crippen molar-refractivity contribution >= 4 is 19.8 Å². The number of likely N-dealkylation sites (N-methyl/N-ethyl adjacent to an activating group) is 1. The summed E-state index contributed by atoms with van der Waals surface area (Å²) < 4.78 is 34.2. The van der Waals surface area contributed by atoms with Crippen LogP contribution in [0.5, 0.6) is 0 Å². The molecule has 0 bridgehead atoms. The molecule has 0 aromatic carbocycles. The second kappa shape index (κ2) is 38.2. The van der Waals surface area contributed by atoms with Crippen molar-refractivity contribution in [1.82, 2.24) is 0 Å². The third-order valence-corrected chi connectivity index (χ3v) is 10.0. The van der Waals surface area contributed by atoms with Crippen molar-refractivity contribution in [2.45, 2.75) is 174 Å². The summed E-state index contributed by atoms with van der Waals surface area (Å²) in [6, 6.07) is 0. The Morgan fingerprint density at radius 1 is 0.554 bits per heavy atom. The normalized spacial score (nSPS) is 14.2. The largest absolute Gasteiger partial charge is 0.472 e. The van der Waals surface area contributed by atoms with Gasteiger partial charge in [-0.25, -0.2) is 4.57 Å². The number of phosphoric acid groups is 1. The van der Waals surface area contributed by atoms with Gasteiger partial charge in [-0.15, -0.1) is 0 Å². The number of nitrogens with zero attached hydrogens (tertiary/aromatic N) is 1.